The summed E-state index contributed by atoms with van der Waals surface area (Å²) >= 11 is 0. The first-order valence-electron chi connectivity index (χ1n) is 4.09. The van der Waals surface area contributed by atoms with Gasteiger partial charge in [-0.3, -0.25) is 0 Å². The second-order valence-corrected chi connectivity index (χ2v) is 3.15. The molecule has 1 atom stereocenters. The van der Waals surface area contributed by atoms with Gasteiger partial charge >= 0.3 is 0 Å². The fourth-order valence-corrected chi connectivity index (χ4v) is 1.45. The minimum atomic E-state index is -0.362. The van der Waals surface area contributed by atoms with E-state index in [9.17, 15) is 5.11 Å². The Balaban J connectivity index is 2.04. The number of aliphatic hydroxyl groups is 1. The van der Waals surface area contributed by atoms with E-state index >= 15 is 0 Å². The topological polar surface area (TPSA) is 33.4 Å². The fraction of sp³-hybridized carbons (Fsp3) is 0.556. The van der Waals surface area contributed by atoms with Crippen molar-refractivity contribution in [3.8, 4) is 0 Å². The molecule has 1 saturated carbocycles. The molecule has 0 radical (unpaired) electrons. The maximum Gasteiger partial charge on any atom is 0.132 e. The highest BCUT2D eigenvalue weighted by atomic mass is 16.4. The average molecular weight is 152 g/mol. The Hall–Kier alpha value is -0.760. The van der Waals surface area contributed by atoms with E-state index in [1.807, 2.05) is 12.1 Å². The monoisotopic (exact) mass is 152 g/mol. The Kier molecular flexibility index (Phi) is 1.70. The molecule has 2 rings (SSSR count). The van der Waals surface area contributed by atoms with Crippen LogP contribution in [0.3, 0.4) is 0 Å². The van der Waals surface area contributed by atoms with Crippen LogP contribution in [0.4, 0.5) is 0 Å². The number of hydrogen-bond donors (Lipinski definition) is 1. The van der Waals surface area contributed by atoms with Crippen molar-refractivity contribution in [3.05, 3.63) is 24.2 Å². The number of furan rings is 1. The molecular formula is C9H12O2. The lowest BCUT2D eigenvalue weighted by atomic mass is 9.80. The van der Waals surface area contributed by atoms with Crippen molar-refractivity contribution in [2.24, 2.45) is 5.92 Å². The summed E-state index contributed by atoms with van der Waals surface area (Å²) in [7, 11) is 0. The summed E-state index contributed by atoms with van der Waals surface area (Å²) in [6.45, 7) is 0. The van der Waals surface area contributed by atoms with Crippen molar-refractivity contribution < 1.29 is 9.52 Å². The molecule has 1 heterocycles. The number of rotatable bonds is 2. The Morgan fingerprint density at radius 2 is 2.36 bits per heavy atom. The van der Waals surface area contributed by atoms with Crippen LogP contribution in [-0.4, -0.2) is 5.11 Å². The molecule has 1 aliphatic carbocycles. The molecule has 0 saturated heterocycles. The van der Waals surface area contributed by atoms with Gasteiger partial charge in [-0.2, -0.15) is 0 Å². The summed E-state index contributed by atoms with van der Waals surface area (Å²) in [6.07, 6.45) is 4.78. The minimum absolute atomic E-state index is 0.362. The molecule has 0 aliphatic heterocycles. The van der Waals surface area contributed by atoms with Crippen molar-refractivity contribution in [1.29, 1.82) is 0 Å². The lowest BCUT2D eigenvalue weighted by molar-refractivity contribution is 0.0444. The molecule has 1 aliphatic rings. The van der Waals surface area contributed by atoms with Crippen LogP contribution in [0.25, 0.3) is 0 Å². The second-order valence-electron chi connectivity index (χ2n) is 3.15. The lowest BCUT2D eigenvalue weighted by Crippen LogP contribution is -2.19. The average Bonchev–Trinajstić information content (AvgIpc) is 2.32. The van der Waals surface area contributed by atoms with Crippen LogP contribution in [0, 0.1) is 5.92 Å². The summed E-state index contributed by atoms with van der Waals surface area (Å²) in [5.41, 5.74) is 0. The van der Waals surface area contributed by atoms with E-state index in [4.69, 9.17) is 4.42 Å². The molecule has 11 heavy (non-hydrogen) atoms. The van der Waals surface area contributed by atoms with Gasteiger partial charge in [0.05, 0.1) is 6.26 Å². The van der Waals surface area contributed by atoms with E-state index in [0.29, 0.717) is 5.92 Å². The van der Waals surface area contributed by atoms with Crippen molar-refractivity contribution in [1.82, 2.24) is 0 Å². The first kappa shape index (κ1) is 6.92. The largest absolute Gasteiger partial charge is 0.467 e. The molecule has 2 nitrogen and oxygen atoms in total. The first-order valence-corrected chi connectivity index (χ1v) is 4.09. The summed E-state index contributed by atoms with van der Waals surface area (Å²) < 4.78 is 5.10. The molecule has 2 heteroatoms. The van der Waals surface area contributed by atoms with Gasteiger partial charge in [-0.15, -0.1) is 0 Å². The van der Waals surface area contributed by atoms with Gasteiger partial charge in [-0.1, -0.05) is 6.42 Å². The molecule has 0 spiro atoms. The molecule has 0 amide bonds. The van der Waals surface area contributed by atoms with Gasteiger partial charge < -0.3 is 9.52 Å². The van der Waals surface area contributed by atoms with E-state index in [1.54, 1.807) is 6.26 Å². The van der Waals surface area contributed by atoms with Crippen LogP contribution in [-0.2, 0) is 0 Å². The Bertz CT molecular complexity index is 211. The third-order valence-corrected chi connectivity index (χ3v) is 2.43. The van der Waals surface area contributed by atoms with Crippen LogP contribution in [0.1, 0.15) is 31.1 Å². The van der Waals surface area contributed by atoms with Gasteiger partial charge in [0, 0.05) is 0 Å². The van der Waals surface area contributed by atoms with Gasteiger partial charge in [-0.25, -0.2) is 0 Å². The predicted octanol–water partition coefficient (Wildman–Crippen LogP) is 2.11. The molecule has 1 N–H and O–H groups in total. The van der Waals surface area contributed by atoms with Gasteiger partial charge in [-0.05, 0) is 30.9 Å². The fourth-order valence-electron chi connectivity index (χ4n) is 1.45. The molecule has 0 unspecified atom stereocenters. The predicted molar refractivity (Wildman–Crippen MR) is 41.0 cm³/mol. The van der Waals surface area contributed by atoms with Gasteiger partial charge in [0.25, 0.3) is 0 Å². The zero-order valence-electron chi connectivity index (χ0n) is 6.36. The summed E-state index contributed by atoms with van der Waals surface area (Å²) in [6, 6.07) is 3.65. The van der Waals surface area contributed by atoms with Crippen molar-refractivity contribution >= 4 is 0 Å². The van der Waals surface area contributed by atoms with Crippen LogP contribution in [0.5, 0.6) is 0 Å². The van der Waals surface area contributed by atoms with Crippen LogP contribution < -0.4 is 0 Å². The van der Waals surface area contributed by atoms with Gasteiger partial charge in [0.2, 0.25) is 0 Å². The maximum absolute atomic E-state index is 9.64. The van der Waals surface area contributed by atoms with Crippen LogP contribution in [0.15, 0.2) is 22.8 Å². The zero-order valence-corrected chi connectivity index (χ0v) is 6.36. The Morgan fingerprint density at radius 1 is 1.55 bits per heavy atom. The molecule has 1 aromatic rings. The number of hydrogen-bond acceptors (Lipinski definition) is 2. The van der Waals surface area contributed by atoms with Crippen molar-refractivity contribution in [3.63, 3.8) is 0 Å². The van der Waals surface area contributed by atoms with Crippen molar-refractivity contribution in [2.75, 3.05) is 0 Å². The molecule has 60 valence electrons. The Morgan fingerprint density at radius 3 is 2.82 bits per heavy atom. The van der Waals surface area contributed by atoms with Crippen LogP contribution in [0.2, 0.25) is 0 Å². The van der Waals surface area contributed by atoms with E-state index in [-0.39, 0.29) is 6.10 Å². The smallest absolute Gasteiger partial charge is 0.132 e. The molecule has 1 fully saturated rings. The molecule has 0 aromatic carbocycles. The van der Waals surface area contributed by atoms with Gasteiger partial charge in [0.15, 0.2) is 0 Å². The minimum Gasteiger partial charge on any atom is -0.467 e. The van der Waals surface area contributed by atoms with Crippen LogP contribution >= 0.6 is 0 Å². The zero-order chi connectivity index (χ0) is 7.68. The summed E-state index contributed by atoms with van der Waals surface area (Å²) in [4.78, 5) is 0. The van der Waals surface area contributed by atoms with E-state index < -0.39 is 0 Å². The SMILES string of the molecule is O[C@H](c1ccco1)C1CCC1. The maximum atomic E-state index is 9.64. The van der Waals surface area contributed by atoms with Gasteiger partial charge in [0.1, 0.15) is 11.9 Å². The highest BCUT2D eigenvalue weighted by molar-refractivity contribution is 5.04. The third kappa shape index (κ3) is 1.18. The quantitative estimate of drug-likeness (QED) is 0.704. The second kappa shape index (κ2) is 2.70. The molecular weight excluding hydrogens is 140 g/mol. The normalized spacial score (nSPS) is 21.2. The van der Waals surface area contributed by atoms with E-state index in [1.165, 1.54) is 6.42 Å². The summed E-state index contributed by atoms with van der Waals surface area (Å²) in [5.74, 6) is 1.16. The van der Waals surface area contributed by atoms with Crippen molar-refractivity contribution in [2.45, 2.75) is 25.4 Å². The lowest BCUT2D eigenvalue weighted by Gasteiger charge is -2.28. The third-order valence-electron chi connectivity index (χ3n) is 2.43. The standard InChI is InChI=1S/C9H12O2/c10-9(7-3-1-4-7)8-5-2-6-11-8/h2,5-7,9-10H,1,3-4H2/t9-/m0/s1. The first-order chi connectivity index (χ1) is 5.38. The molecule has 1 aromatic heterocycles. The van der Waals surface area contributed by atoms with E-state index in [2.05, 4.69) is 0 Å². The van der Waals surface area contributed by atoms with E-state index in [0.717, 1.165) is 18.6 Å². The highest BCUT2D eigenvalue weighted by Gasteiger charge is 2.28. The Labute approximate surface area is 65.8 Å². The molecule has 0 bridgehead atoms. The highest BCUT2D eigenvalue weighted by Crippen LogP contribution is 2.37. The number of aliphatic hydroxyl groups excluding tert-OH is 1. The summed E-state index contributed by atoms with van der Waals surface area (Å²) in [5, 5.41) is 9.64.